The van der Waals surface area contributed by atoms with Gasteiger partial charge in [-0.1, -0.05) is 23.7 Å². The highest BCUT2D eigenvalue weighted by molar-refractivity contribution is 6.32. The predicted molar refractivity (Wildman–Crippen MR) is 78.5 cm³/mol. The molecule has 1 aromatic rings. The van der Waals surface area contributed by atoms with E-state index in [-0.39, 0.29) is 5.91 Å². The summed E-state index contributed by atoms with van der Waals surface area (Å²) in [4.78, 5) is 24.4. The van der Waals surface area contributed by atoms with Crippen LogP contribution in [-0.2, 0) is 9.59 Å². The third-order valence-electron chi connectivity index (χ3n) is 3.52. The van der Waals surface area contributed by atoms with Crippen molar-refractivity contribution in [3.8, 4) is 5.75 Å². The number of halogens is 1. The molecule has 21 heavy (non-hydrogen) atoms. The van der Waals surface area contributed by atoms with Crippen molar-refractivity contribution in [3.05, 3.63) is 29.3 Å². The highest BCUT2D eigenvalue weighted by atomic mass is 35.5. The maximum atomic E-state index is 11.9. The average molecular weight is 312 g/mol. The van der Waals surface area contributed by atoms with Crippen molar-refractivity contribution in [2.75, 3.05) is 19.7 Å². The molecule has 1 saturated heterocycles. The second-order valence-corrected chi connectivity index (χ2v) is 5.45. The Morgan fingerprint density at radius 2 is 2.14 bits per heavy atom. The molecule has 0 saturated carbocycles. The molecule has 2 rings (SSSR count). The minimum absolute atomic E-state index is 0.0125. The zero-order valence-electron chi connectivity index (χ0n) is 11.6. The van der Waals surface area contributed by atoms with Crippen LogP contribution in [0.25, 0.3) is 0 Å². The Bertz CT molecular complexity index is 520. The molecular formula is C15H18ClNO4. The lowest BCUT2D eigenvalue weighted by atomic mass is 10.1. The highest BCUT2D eigenvalue weighted by Gasteiger charge is 2.30. The molecule has 1 aliphatic rings. The summed E-state index contributed by atoms with van der Waals surface area (Å²) >= 11 is 5.96. The summed E-state index contributed by atoms with van der Waals surface area (Å²) in [5, 5.41) is 9.46. The van der Waals surface area contributed by atoms with Crippen molar-refractivity contribution in [3.63, 3.8) is 0 Å². The third kappa shape index (κ3) is 4.36. The van der Waals surface area contributed by atoms with Crippen molar-refractivity contribution < 1.29 is 19.4 Å². The minimum atomic E-state index is -0.827. The van der Waals surface area contributed by atoms with Gasteiger partial charge in [-0.2, -0.15) is 0 Å². The Labute approximate surface area is 128 Å². The van der Waals surface area contributed by atoms with Crippen molar-refractivity contribution in [1.29, 1.82) is 0 Å². The molecule has 0 bridgehead atoms. The SMILES string of the molecule is O=C(O)[C@@H]1CCN(C(=O)CCCOc2ccccc2Cl)C1. The molecule has 1 aromatic carbocycles. The first-order chi connectivity index (χ1) is 10.1. The summed E-state index contributed by atoms with van der Waals surface area (Å²) in [7, 11) is 0. The zero-order chi connectivity index (χ0) is 15.2. The van der Waals surface area contributed by atoms with Crippen LogP contribution in [0, 0.1) is 5.92 Å². The van der Waals surface area contributed by atoms with E-state index >= 15 is 0 Å². The first-order valence-corrected chi connectivity index (χ1v) is 7.33. The number of ether oxygens (including phenoxy) is 1. The largest absolute Gasteiger partial charge is 0.492 e. The number of carbonyl (C=O) groups is 2. The molecule has 0 spiro atoms. The van der Waals surface area contributed by atoms with Gasteiger partial charge in [-0.25, -0.2) is 0 Å². The number of para-hydroxylation sites is 1. The molecule has 1 heterocycles. The van der Waals surface area contributed by atoms with Gasteiger partial charge in [-0.3, -0.25) is 9.59 Å². The Morgan fingerprint density at radius 1 is 1.38 bits per heavy atom. The molecule has 5 nitrogen and oxygen atoms in total. The van der Waals surface area contributed by atoms with E-state index in [2.05, 4.69) is 0 Å². The Morgan fingerprint density at radius 3 is 2.81 bits per heavy atom. The number of aliphatic carboxylic acids is 1. The Kier molecular flexibility index (Phi) is 5.44. The monoisotopic (exact) mass is 311 g/mol. The standard InChI is InChI=1S/C15H18ClNO4/c16-12-4-1-2-5-13(12)21-9-3-6-14(18)17-8-7-11(10-17)15(19)20/h1-2,4-5,11H,3,6-10H2,(H,19,20)/t11-/m1/s1. The van der Waals surface area contributed by atoms with Gasteiger partial charge in [0.1, 0.15) is 5.75 Å². The molecular weight excluding hydrogens is 294 g/mol. The van der Waals surface area contributed by atoms with E-state index in [0.29, 0.717) is 49.7 Å². The maximum Gasteiger partial charge on any atom is 0.308 e. The number of likely N-dealkylation sites (tertiary alicyclic amines) is 1. The van der Waals surface area contributed by atoms with E-state index in [0.717, 1.165) is 0 Å². The number of hydrogen-bond acceptors (Lipinski definition) is 3. The molecule has 0 unspecified atom stereocenters. The lowest BCUT2D eigenvalue weighted by molar-refractivity contribution is -0.141. The molecule has 1 atom stereocenters. The molecule has 1 amide bonds. The van der Waals surface area contributed by atoms with Gasteiger partial charge in [-0.15, -0.1) is 0 Å². The fraction of sp³-hybridized carbons (Fsp3) is 0.467. The fourth-order valence-corrected chi connectivity index (χ4v) is 2.50. The van der Waals surface area contributed by atoms with Crippen LogP contribution < -0.4 is 4.74 Å². The number of nitrogens with zero attached hydrogens (tertiary/aromatic N) is 1. The number of amides is 1. The van der Waals surface area contributed by atoms with Crippen LogP contribution in [0.3, 0.4) is 0 Å². The summed E-state index contributed by atoms with van der Waals surface area (Å²) < 4.78 is 5.51. The summed E-state index contributed by atoms with van der Waals surface area (Å²) in [5.74, 6) is -0.652. The molecule has 1 aliphatic heterocycles. The van der Waals surface area contributed by atoms with Crippen molar-refractivity contribution in [1.82, 2.24) is 4.90 Å². The molecule has 1 N–H and O–H groups in total. The van der Waals surface area contributed by atoms with Gasteiger partial charge in [-0.05, 0) is 25.0 Å². The van der Waals surface area contributed by atoms with Gasteiger partial charge >= 0.3 is 5.97 Å². The van der Waals surface area contributed by atoms with Gasteiger partial charge in [0.15, 0.2) is 0 Å². The van der Waals surface area contributed by atoms with Crippen LogP contribution in [0.1, 0.15) is 19.3 Å². The van der Waals surface area contributed by atoms with Crippen LogP contribution >= 0.6 is 11.6 Å². The van der Waals surface area contributed by atoms with Gasteiger partial charge in [0.25, 0.3) is 0 Å². The minimum Gasteiger partial charge on any atom is -0.492 e. The van der Waals surface area contributed by atoms with Crippen LogP contribution in [0.4, 0.5) is 0 Å². The average Bonchev–Trinajstić information content (AvgIpc) is 2.95. The zero-order valence-corrected chi connectivity index (χ0v) is 12.4. The van der Waals surface area contributed by atoms with Crippen molar-refractivity contribution >= 4 is 23.5 Å². The summed E-state index contributed by atoms with van der Waals surface area (Å²) in [5.41, 5.74) is 0. The molecule has 114 valence electrons. The van der Waals surface area contributed by atoms with Crippen LogP contribution in [0.5, 0.6) is 5.75 Å². The lowest BCUT2D eigenvalue weighted by Crippen LogP contribution is -2.30. The molecule has 0 radical (unpaired) electrons. The highest BCUT2D eigenvalue weighted by Crippen LogP contribution is 2.23. The van der Waals surface area contributed by atoms with E-state index in [1.807, 2.05) is 12.1 Å². The van der Waals surface area contributed by atoms with E-state index in [9.17, 15) is 9.59 Å². The number of carboxylic acid groups (broad SMARTS) is 1. The van der Waals surface area contributed by atoms with Gasteiger partial charge in [0, 0.05) is 19.5 Å². The van der Waals surface area contributed by atoms with Crippen LogP contribution in [0.15, 0.2) is 24.3 Å². The Balaban J connectivity index is 1.68. The number of hydrogen-bond donors (Lipinski definition) is 1. The number of benzene rings is 1. The summed E-state index contributed by atoms with van der Waals surface area (Å²) in [6.07, 6.45) is 1.48. The van der Waals surface area contributed by atoms with E-state index < -0.39 is 11.9 Å². The van der Waals surface area contributed by atoms with E-state index in [1.165, 1.54) is 0 Å². The van der Waals surface area contributed by atoms with Gasteiger partial charge < -0.3 is 14.7 Å². The van der Waals surface area contributed by atoms with Crippen molar-refractivity contribution in [2.45, 2.75) is 19.3 Å². The number of carboxylic acids is 1. The number of rotatable bonds is 6. The molecule has 0 aliphatic carbocycles. The molecule has 1 fully saturated rings. The number of carbonyl (C=O) groups excluding carboxylic acids is 1. The van der Waals surface area contributed by atoms with Gasteiger partial charge in [0.05, 0.1) is 17.5 Å². The molecule has 0 aromatic heterocycles. The molecule has 6 heteroatoms. The first kappa shape index (κ1) is 15.6. The maximum absolute atomic E-state index is 11.9. The predicted octanol–water partition coefficient (Wildman–Crippen LogP) is 2.43. The van der Waals surface area contributed by atoms with Crippen molar-refractivity contribution in [2.24, 2.45) is 5.92 Å². The third-order valence-corrected chi connectivity index (χ3v) is 3.83. The second kappa shape index (κ2) is 7.31. The summed E-state index contributed by atoms with van der Waals surface area (Å²) in [6, 6.07) is 7.19. The first-order valence-electron chi connectivity index (χ1n) is 6.96. The summed E-state index contributed by atoms with van der Waals surface area (Å²) in [6.45, 7) is 1.26. The van der Waals surface area contributed by atoms with E-state index in [4.69, 9.17) is 21.4 Å². The van der Waals surface area contributed by atoms with Crippen LogP contribution in [-0.4, -0.2) is 41.6 Å². The fourth-order valence-electron chi connectivity index (χ4n) is 2.31. The lowest BCUT2D eigenvalue weighted by Gasteiger charge is -2.15. The van der Waals surface area contributed by atoms with Crippen LogP contribution in [0.2, 0.25) is 5.02 Å². The Hall–Kier alpha value is -1.75. The normalized spacial score (nSPS) is 17.8. The smallest absolute Gasteiger partial charge is 0.308 e. The second-order valence-electron chi connectivity index (χ2n) is 5.05. The van der Waals surface area contributed by atoms with Gasteiger partial charge in [0.2, 0.25) is 5.91 Å². The quantitative estimate of drug-likeness (QED) is 0.819. The topological polar surface area (TPSA) is 66.8 Å². The van der Waals surface area contributed by atoms with E-state index in [1.54, 1.807) is 17.0 Å².